The Bertz CT molecular complexity index is 1010. The van der Waals surface area contributed by atoms with E-state index in [1.54, 1.807) is 17.1 Å². The van der Waals surface area contributed by atoms with Gasteiger partial charge in [0, 0.05) is 30.8 Å². The summed E-state index contributed by atoms with van der Waals surface area (Å²) in [5.74, 6) is 0.929. The Morgan fingerprint density at radius 2 is 2.31 bits per heavy atom. The minimum atomic E-state index is -0.0596. The van der Waals surface area contributed by atoms with E-state index in [9.17, 15) is 4.79 Å². The molecule has 0 amide bonds. The lowest BCUT2D eigenvalue weighted by atomic mass is 10.1. The van der Waals surface area contributed by atoms with Gasteiger partial charge in [0.1, 0.15) is 17.8 Å². The summed E-state index contributed by atoms with van der Waals surface area (Å²) < 4.78 is 7.03. The molecule has 1 unspecified atom stereocenters. The number of hydrogen-bond acceptors (Lipinski definition) is 6. The number of nitrogens with zero attached hydrogens (tertiary/aromatic N) is 5. The number of nitrogens with one attached hydrogen (secondary N) is 1. The standard InChI is InChI=1S/C18H20N6O2/c25-16-8-12-10-26-7-4-15(12)22-24(16)9-13-2-1-6-23(13)18-14-3-5-19-17(14)20-11-21-18/h3,5,8,11,13H,1-2,4,6-7,9-10H2,(H,19,20,21). The maximum absolute atomic E-state index is 12.5. The summed E-state index contributed by atoms with van der Waals surface area (Å²) in [5.41, 5.74) is 2.68. The predicted octanol–water partition coefficient (Wildman–Crippen LogP) is 1.26. The first-order valence-electron chi connectivity index (χ1n) is 9.02. The highest BCUT2D eigenvalue weighted by molar-refractivity contribution is 5.87. The lowest BCUT2D eigenvalue weighted by Crippen LogP contribution is -2.38. The molecule has 1 atom stereocenters. The van der Waals surface area contributed by atoms with Crippen LogP contribution >= 0.6 is 0 Å². The van der Waals surface area contributed by atoms with Crippen molar-refractivity contribution in [3.8, 4) is 0 Å². The van der Waals surface area contributed by atoms with Crippen molar-refractivity contribution in [3.63, 3.8) is 0 Å². The van der Waals surface area contributed by atoms with Gasteiger partial charge in [-0.25, -0.2) is 14.6 Å². The number of hydrogen-bond donors (Lipinski definition) is 1. The smallest absolute Gasteiger partial charge is 0.267 e. The zero-order valence-corrected chi connectivity index (χ0v) is 14.4. The number of aromatic amines is 1. The van der Waals surface area contributed by atoms with Crippen LogP contribution in [0.4, 0.5) is 5.82 Å². The molecule has 1 saturated heterocycles. The van der Waals surface area contributed by atoms with Crippen molar-refractivity contribution < 1.29 is 4.74 Å². The topological polar surface area (TPSA) is 88.9 Å². The molecule has 1 fully saturated rings. The highest BCUT2D eigenvalue weighted by Gasteiger charge is 2.28. The molecule has 134 valence electrons. The van der Waals surface area contributed by atoms with Crippen LogP contribution in [0.3, 0.4) is 0 Å². The summed E-state index contributed by atoms with van der Waals surface area (Å²) in [5, 5.41) is 5.63. The van der Waals surface area contributed by atoms with Gasteiger partial charge in [-0.3, -0.25) is 4.79 Å². The van der Waals surface area contributed by atoms with E-state index < -0.39 is 0 Å². The van der Waals surface area contributed by atoms with Crippen molar-refractivity contribution in [1.29, 1.82) is 0 Å². The Morgan fingerprint density at radius 1 is 1.35 bits per heavy atom. The number of ether oxygens (including phenoxy) is 1. The molecule has 0 spiro atoms. The zero-order chi connectivity index (χ0) is 17.5. The third kappa shape index (κ3) is 2.57. The Kier molecular flexibility index (Phi) is 3.70. The fourth-order valence-electron chi connectivity index (χ4n) is 3.97. The van der Waals surface area contributed by atoms with Gasteiger partial charge in [-0.2, -0.15) is 5.10 Å². The molecule has 0 saturated carbocycles. The van der Waals surface area contributed by atoms with Gasteiger partial charge in [-0.15, -0.1) is 0 Å². The molecule has 0 aliphatic carbocycles. The van der Waals surface area contributed by atoms with Crippen LogP contribution in [0.5, 0.6) is 0 Å². The number of fused-ring (bicyclic) bond motifs is 2. The molecule has 5 heterocycles. The van der Waals surface area contributed by atoms with E-state index in [2.05, 4.69) is 25.0 Å². The minimum absolute atomic E-state index is 0.0596. The Labute approximate surface area is 149 Å². The van der Waals surface area contributed by atoms with E-state index >= 15 is 0 Å². The molecule has 8 heteroatoms. The van der Waals surface area contributed by atoms with Crippen molar-refractivity contribution in [2.45, 2.75) is 38.5 Å². The van der Waals surface area contributed by atoms with Gasteiger partial charge in [0.2, 0.25) is 0 Å². The molecular weight excluding hydrogens is 332 g/mol. The molecule has 0 radical (unpaired) electrons. The van der Waals surface area contributed by atoms with Crippen molar-refractivity contribution in [1.82, 2.24) is 24.7 Å². The van der Waals surface area contributed by atoms with E-state index in [1.165, 1.54) is 0 Å². The predicted molar refractivity (Wildman–Crippen MR) is 96.1 cm³/mol. The maximum atomic E-state index is 12.5. The van der Waals surface area contributed by atoms with Crippen molar-refractivity contribution in [3.05, 3.63) is 46.3 Å². The Morgan fingerprint density at radius 3 is 3.27 bits per heavy atom. The maximum Gasteiger partial charge on any atom is 0.267 e. The molecule has 3 aromatic heterocycles. The van der Waals surface area contributed by atoms with E-state index in [1.807, 2.05) is 12.3 Å². The second-order valence-electron chi connectivity index (χ2n) is 6.87. The SMILES string of the molecule is O=c1cc2c(nn1CC1CCCN1c1ncnc3[nH]ccc13)CCOC2. The van der Waals surface area contributed by atoms with Crippen LogP contribution < -0.4 is 10.5 Å². The van der Waals surface area contributed by atoms with Gasteiger partial charge in [-0.1, -0.05) is 0 Å². The summed E-state index contributed by atoms with van der Waals surface area (Å²) in [6.45, 7) is 2.65. The van der Waals surface area contributed by atoms with E-state index in [0.717, 1.165) is 53.9 Å². The number of rotatable bonds is 3. The quantitative estimate of drug-likeness (QED) is 0.763. The second-order valence-corrected chi connectivity index (χ2v) is 6.87. The summed E-state index contributed by atoms with van der Waals surface area (Å²) >= 11 is 0. The van der Waals surface area contributed by atoms with Crippen LogP contribution in [0.15, 0.2) is 29.5 Å². The van der Waals surface area contributed by atoms with Gasteiger partial charge >= 0.3 is 0 Å². The summed E-state index contributed by atoms with van der Waals surface area (Å²) in [6.07, 6.45) is 6.33. The molecular formula is C18H20N6O2. The van der Waals surface area contributed by atoms with Crippen molar-refractivity contribution >= 4 is 16.9 Å². The first-order valence-corrected chi connectivity index (χ1v) is 9.02. The van der Waals surface area contributed by atoms with E-state index in [-0.39, 0.29) is 11.6 Å². The van der Waals surface area contributed by atoms with Crippen LogP contribution in [-0.2, 0) is 24.3 Å². The fraction of sp³-hybridized carbons (Fsp3) is 0.444. The molecule has 5 rings (SSSR count). The lowest BCUT2D eigenvalue weighted by Gasteiger charge is -2.26. The normalized spacial score (nSPS) is 19.8. The van der Waals surface area contributed by atoms with Gasteiger partial charge in [0.05, 0.1) is 36.9 Å². The van der Waals surface area contributed by atoms with Crippen molar-refractivity contribution in [2.75, 3.05) is 18.1 Å². The largest absolute Gasteiger partial charge is 0.376 e. The Hall–Kier alpha value is -2.74. The molecule has 0 aromatic carbocycles. The fourth-order valence-corrected chi connectivity index (χ4v) is 3.97. The third-order valence-electron chi connectivity index (χ3n) is 5.27. The second kappa shape index (κ2) is 6.21. The first-order chi connectivity index (χ1) is 12.8. The lowest BCUT2D eigenvalue weighted by molar-refractivity contribution is 0.108. The molecule has 2 aliphatic rings. The average Bonchev–Trinajstić information content (AvgIpc) is 3.31. The van der Waals surface area contributed by atoms with Crippen LogP contribution in [0.2, 0.25) is 0 Å². The molecule has 1 N–H and O–H groups in total. The van der Waals surface area contributed by atoms with Gasteiger partial charge in [0.25, 0.3) is 5.56 Å². The van der Waals surface area contributed by atoms with E-state index in [4.69, 9.17) is 4.74 Å². The summed E-state index contributed by atoms with van der Waals surface area (Å²) in [6, 6.07) is 3.88. The highest BCUT2D eigenvalue weighted by Crippen LogP contribution is 2.29. The van der Waals surface area contributed by atoms with Crippen LogP contribution in [0, 0.1) is 0 Å². The number of H-pyrrole nitrogens is 1. The molecule has 2 aliphatic heterocycles. The van der Waals surface area contributed by atoms with E-state index in [0.29, 0.717) is 19.8 Å². The summed E-state index contributed by atoms with van der Waals surface area (Å²) in [4.78, 5) is 26.7. The molecule has 3 aromatic rings. The molecule has 26 heavy (non-hydrogen) atoms. The Balaban J connectivity index is 1.47. The number of aromatic nitrogens is 5. The molecule has 0 bridgehead atoms. The van der Waals surface area contributed by atoms with Gasteiger partial charge in [-0.05, 0) is 18.9 Å². The monoisotopic (exact) mass is 352 g/mol. The summed E-state index contributed by atoms with van der Waals surface area (Å²) in [7, 11) is 0. The van der Waals surface area contributed by atoms with Crippen LogP contribution in [0.25, 0.3) is 11.0 Å². The number of anilines is 1. The van der Waals surface area contributed by atoms with Crippen molar-refractivity contribution in [2.24, 2.45) is 0 Å². The average molecular weight is 352 g/mol. The minimum Gasteiger partial charge on any atom is -0.376 e. The van der Waals surface area contributed by atoms with Gasteiger partial charge < -0.3 is 14.6 Å². The zero-order valence-electron chi connectivity index (χ0n) is 14.4. The van der Waals surface area contributed by atoms with Gasteiger partial charge in [0.15, 0.2) is 0 Å². The van der Waals surface area contributed by atoms with Crippen LogP contribution in [0.1, 0.15) is 24.1 Å². The molecule has 8 nitrogen and oxygen atoms in total. The van der Waals surface area contributed by atoms with Crippen LogP contribution in [-0.4, -0.2) is 43.9 Å². The highest BCUT2D eigenvalue weighted by atomic mass is 16.5. The first kappa shape index (κ1) is 15.5. The third-order valence-corrected chi connectivity index (χ3v) is 5.27.